The van der Waals surface area contributed by atoms with Gasteiger partial charge >= 0.3 is 0 Å². The van der Waals surface area contributed by atoms with Gasteiger partial charge in [-0.3, -0.25) is 4.90 Å². The summed E-state index contributed by atoms with van der Waals surface area (Å²) in [5.41, 5.74) is 1.43. The summed E-state index contributed by atoms with van der Waals surface area (Å²) in [5.74, 6) is 0.903. The van der Waals surface area contributed by atoms with Gasteiger partial charge in [-0.2, -0.15) is 5.26 Å². The molecule has 8 heteroatoms. The van der Waals surface area contributed by atoms with Gasteiger partial charge in [-0.25, -0.2) is 13.1 Å². The van der Waals surface area contributed by atoms with Gasteiger partial charge < -0.3 is 4.74 Å². The Bertz CT molecular complexity index is 1030. The van der Waals surface area contributed by atoms with Gasteiger partial charge in [-0.05, 0) is 55.2 Å². The van der Waals surface area contributed by atoms with Crippen LogP contribution in [0.4, 0.5) is 0 Å². The largest absolute Gasteiger partial charge is 0.490 e. The molecule has 152 valence electrons. The third-order valence-corrected chi connectivity index (χ3v) is 7.10. The summed E-state index contributed by atoms with van der Waals surface area (Å²) in [6.07, 6.45) is 3.38. The Balaban J connectivity index is 1.35. The lowest BCUT2D eigenvalue weighted by Gasteiger charge is -2.17. The van der Waals surface area contributed by atoms with Crippen LogP contribution >= 0.6 is 11.6 Å². The number of hydrogen-bond acceptors (Lipinski definition) is 5. The van der Waals surface area contributed by atoms with E-state index < -0.39 is 10.0 Å². The van der Waals surface area contributed by atoms with Crippen LogP contribution in [0.25, 0.3) is 0 Å². The molecule has 0 radical (unpaired) electrons. The average molecular weight is 432 g/mol. The van der Waals surface area contributed by atoms with Gasteiger partial charge in [0.05, 0.1) is 22.8 Å². The van der Waals surface area contributed by atoms with Crippen LogP contribution < -0.4 is 9.46 Å². The van der Waals surface area contributed by atoms with Crippen molar-refractivity contribution in [2.75, 3.05) is 13.1 Å². The first-order chi connectivity index (χ1) is 13.9. The Labute approximate surface area is 176 Å². The van der Waals surface area contributed by atoms with Gasteiger partial charge in [-0.15, -0.1) is 0 Å². The second kappa shape index (κ2) is 8.33. The van der Waals surface area contributed by atoms with Gasteiger partial charge in [0.1, 0.15) is 10.6 Å². The predicted octanol–water partition coefficient (Wildman–Crippen LogP) is 3.31. The van der Waals surface area contributed by atoms with Crippen LogP contribution in [0.1, 0.15) is 30.4 Å². The second-order valence-electron chi connectivity index (χ2n) is 7.56. The molecule has 0 bridgehead atoms. The molecular weight excluding hydrogens is 410 g/mol. The van der Waals surface area contributed by atoms with E-state index in [1.54, 1.807) is 0 Å². The van der Waals surface area contributed by atoms with E-state index in [9.17, 15) is 8.42 Å². The molecule has 0 aromatic heterocycles. The SMILES string of the molecule is N#Cc1ccc(Cl)c(S(=O)(=O)NC2CCN(Cc3ccc(OC4CC4)cc3)C2)c1. The van der Waals surface area contributed by atoms with E-state index in [2.05, 4.69) is 21.8 Å². The van der Waals surface area contributed by atoms with Gasteiger partial charge in [0, 0.05) is 25.7 Å². The fourth-order valence-corrected chi connectivity index (χ4v) is 5.23. The zero-order valence-electron chi connectivity index (χ0n) is 15.8. The van der Waals surface area contributed by atoms with Crippen molar-refractivity contribution in [1.82, 2.24) is 9.62 Å². The molecule has 1 unspecified atom stereocenters. The second-order valence-corrected chi connectivity index (χ2v) is 9.65. The van der Waals surface area contributed by atoms with Crippen LogP contribution in [0, 0.1) is 11.3 Å². The average Bonchev–Trinajstić information content (AvgIpc) is 3.41. The number of sulfonamides is 1. The van der Waals surface area contributed by atoms with Crippen LogP contribution in [-0.4, -0.2) is 38.6 Å². The van der Waals surface area contributed by atoms with Crippen LogP contribution in [-0.2, 0) is 16.6 Å². The summed E-state index contributed by atoms with van der Waals surface area (Å²) in [6.45, 7) is 2.18. The minimum Gasteiger partial charge on any atom is -0.490 e. The number of nitrogens with one attached hydrogen (secondary N) is 1. The quantitative estimate of drug-likeness (QED) is 0.727. The minimum atomic E-state index is -3.79. The number of nitrogens with zero attached hydrogens (tertiary/aromatic N) is 2. The molecule has 2 aliphatic rings. The number of likely N-dealkylation sites (tertiary alicyclic amines) is 1. The van der Waals surface area contributed by atoms with Crippen molar-refractivity contribution in [3.8, 4) is 11.8 Å². The van der Waals surface area contributed by atoms with E-state index in [1.807, 2.05) is 18.2 Å². The smallest absolute Gasteiger partial charge is 0.242 e. The third kappa shape index (κ3) is 5.09. The van der Waals surface area contributed by atoms with Crippen molar-refractivity contribution in [3.05, 3.63) is 58.6 Å². The van der Waals surface area contributed by atoms with Crippen molar-refractivity contribution in [1.29, 1.82) is 5.26 Å². The van der Waals surface area contributed by atoms with Gasteiger partial charge in [0.15, 0.2) is 0 Å². The maximum atomic E-state index is 12.7. The Morgan fingerprint density at radius 3 is 2.62 bits per heavy atom. The molecule has 2 fully saturated rings. The molecule has 4 rings (SSSR count). The van der Waals surface area contributed by atoms with Crippen molar-refractivity contribution in [2.24, 2.45) is 0 Å². The Hall–Kier alpha value is -2.11. The minimum absolute atomic E-state index is 0.0529. The molecule has 2 aromatic carbocycles. The van der Waals surface area contributed by atoms with E-state index in [1.165, 1.54) is 23.8 Å². The molecule has 1 N–H and O–H groups in total. The standard InChI is InChI=1S/C21H22ClN3O3S/c22-20-8-3-16(12-23)11-21(20)29(26,27)24-17-9-10-25(14-17)13-15-1-4-18(5-2-15)28-19-6-7-19/h1-5,8,11,17,19,24H,6-7,9-10,13-14H2. The molecule has 29 heavy (non-hydrogen) atoms. The highest BCUT2D eigenvalue weighted by Gasteiger charge is 2.29. The normalized spacial score (nSPS) is 19.8. The zero-order valence-corrected chi connectivity index (χ0v) is 17.4. The number of ether oxygens (including phenoxy) is 1. The van der Waals surface area contributed by atoms with E-state index in [0.717, 1.165) is 38.1 Å². The third-order valence-electron chi connectivity index (χ3n) is 5.10. The highest BCUT2D eigenvalue weighted by Crippen LogP contribution is 2.27. The fourth-order valence-electron chi connectivity index (χ4n) is 3.44. The van der Waals surface area contributed by atoms with Gasteiger partial charge in [0.25, 0.3) is 0 Å². The van der Waals surface area contributed by atoms with E-state index in [4.69, 9.17) is 21.6 Å². The van der Waals surface area contributed by atoms with E-state index in [0.29, 0.717) is 12.6 Å². The molecule has 1 atom stereocenters. The van der Waals surface area contributed by atoms with E-state index >= 15 is 0 Å². The molecule has 0 amide bonds. The van der Waals surface area contributed by atoms with Crippen molar-refractivity contribution in [3.63, 3.8) is 0 Å². The first-order valence-corrected chi connectivity index (χ1v) is 11.5. The molecule has 1 aliphatic carbocycles. The monoisotopic (exact) mass is 431 g/mol. The Morgan fingerprint density at radius 1 is 1.17 bits per heavy atom. The highest BCUT2D eigenvalue weighted by molar-refractivity contribution is 7.89. The maximum Gasteiger partial charge on any atom is 0.242 e. The number of benzene rings is 2. The zero-order chi connectivity index (χ0) is 20.4. The summed E-state index contributed by atoms with van der Waals surface area (Å²) in [4.78, 5) is 2.17. The van der Waals surface area contributed by atoms with Crippen LogP contribution in [0.3, 0.4) is 0 Å². The Morgan fingerprint density at radius 2 is 1.93 bits per heavy atom. The summed E-state index contributed by atoms with van der Waals surface area (Å²) in [5, 5.41) is 9.13. The molecule has 2 aromatic rings. The molecule has 1 saturated carbocycles. The molecule has 1 aliphatic heterocycles. The highest BCUT2D eigenvalue weighted by atomic mass is 35.5. The molecular formula is C21H22ClN3O3S. The summed E-state index contributed by atoms with van der Waals surface area (Å²) >= 11 is 6.06. The van der Waals surface area contributed by atoms with E-state index in [-0.39, 0.29) is 21.5 Å². The maximum absolute atomic E-state index is 12.7. The first kappa shape index (κ1) is 20.2. The van der Waals surface area contributed by atoms with Gasteiger partial charge in [-0.1, -0.05) is 23.7 Å². The summed E-state index contributed by atoms with van der Waals surface area (Å²) in [7, 11) is -3.79. The van der Waals surface area contributed by atoms with Crippen LogP contribution in [0.2, 0.25) is 5.02 Å². The lowest BCUT2D eigenvalue weighted by molar-refractivity contribution is 0.302. The molecule has 1 saturated heterocycles. The summed E-state index contributed by atoms with van der Waals surface area (Å²) in [6, 6.07) is 14.1. The number of hydrogen-bond donors (Lipinski definition) is 1. The number of halogens is 1. The lowest BCUT2D eigenvalue weighted by Crippen LogP contribution is -2.37. The lowest BCUT2D eigenvalue weighted by atomic mass is 10.2. The van der Waals surface area contributed by atoms with Crippen molar-refractivity contribution >= 4 is 21.6 Å². The molecule has 6 nitrogen and oxygen atoms in total. The first-order valence-electron chi connectivity index (χ1n) is 9.63. The summed E-state index contributed by atoms with van der Waals surface area (Å²) < 4.78 is 34.0. The predicted molar refractivity (Wildman–Crippen MR) is 110 cm³/mol. The topological polar surface area (TPSA) is 82.4 Å². The van der Waals surface area contributed by atoms with Crippen LogP contribution in [0.5, 0.6) is 5.75 Å². The van der Waals surface area contributed by atoms with Crippen molar-refractivity contribution < 1.29 is 13.2 Å². The molecule has 0 spiro atoms. The van der Waals surface area contributed by atoms with Gasteiger partial charge in [0.2, 0.25) is 10.0 Å². The van der Waals surface area contributed by atoms with Crippen molar-refractivity contribution in [2.45, 2.75) is 42.8 Å². The fraction of sp³-hybridized carbons (Fsp3) is 0.381. The molecule has 1 heterocycles. The number of nitriles is 1. The Kier molecular flexibility index (Phi) is 5.79. The van der Waals surface area contributed by atoms with Crippen LogP contribution in [0.15, 0.2) is 47.4 Å². The number of rotatable bonds is 7.